The van der Waals surface area contributed by atoms with Crippen molar-refractivity contribution in [2.45, 2.75) is 25.0 Å². The quantitative estimate of drug-likeness (QED) is 0.851. The van der Waals surface area contributed by atoms with Crippen LogP contribution in [0.2, 0.25) is 0 Å². The molecule has 0 aromatic carbocycles. The van der Waals surface area contributed by atoms with Gasteiger partial charge in [-0.2, -0.15) is 0 Å². The summed E-state index contributed by atoms with van der Waals surface area (Å²) in [7, 11) is 0. The Kier molecular flexibility index (Phi) is 2.92. The molecule has 1 aromatic rings. The summed E-state index contributed by atoms with van der Waals surface area (Å²) in [5.41, 5.74) is 5.72. The second-order valence-electron chi connectivity index (χ2n) is 4.72. The maximum absolute atomic E-state index is 5.93. The minimum atomic E-state index is -0.212. The van der Waals surface area contributed by atoms with E-state index >= 15 is 0 Å². The normalized spacial score (nSPS) is 37.4. The highest BCUT2D eigenvalue weighted by atomic mass is 32.2. The van der Waals surface area contributed by atoms with Gasteiger partial charge in [0.25, 0.3) is 0 Å². The molecule has 0 spiro atoms. The Labute approximate surface area is 109 Å². The molecule has 0 amide bonds. The molecule has 0 bridgehead atoms. The van der Waals surface area contributed by atoms with Gasteiger partial charge >= 0.3 is 0 Å². The summed E-state index contributed by atoms with van der Waals surface area (Å²) in [5, 5.41) is 2.81. The fraction of sp³-hybridized carbons (Fsp3) is 0.583. The van der Waals surface area contributed by atoms with Gasteiger partial charge in [-0.25, -0.2) is 4.99 Å². The van der Waals surface area contributed by atoms with Crippen molar-refractivity contribution in [3.05, 3.63) is 22.4 Å². The fourth-order valence-corrected chi connectivity index (χ4v) is 4.59. The summed E-state index contributed by atoms with van der Waals surface area (Å²) in [6, 6.07) is 4.24. The summed E-state index contributed by atoms with van der Waals surface area (Å²) in [6.07, 6.45) is 1.41. The average Bonchev–Trinajstić information content (AvgIpc) is 2.83. The van der Waals surface area contributed by atoms with Crippen molar-refractivity contribution in [1.29, 1.82) is 0 Å². The van der Waals surface area contributed by atoms with Crippen molar-refractivity contribution in [2.24, 2.45) is 16.6 Å². The second-order valence-corrected chi connectivity index (χ2v) is 6.70. The van der Waals surface area contributed by atoms with Crippen LogP contribution in [0, 0.1) is 5.92 Å². The lowest BCUT2D eigenvalue weighted by atomic mass is 9.79. The maximum atomic E-state index is 5.93. The number of nitrogens with zero attached hydrogens (tertiary/aromatic N) is 1. The Hall–Kier alpha value is -0.520. The van der Waals surface area contributed by atoms with Crippen molar-refractivity contribution in [1.82, 2.24) is 0 Å². The lowest BCUT2D eigenvalue weighted by Gasteiger charge is -2.44. The third-order valence-corrected chi connectivity index (χ3v) is 5.56. The number of amidine groups is 1. The van der Waals surface area contributed by atoms with Gasteiger partial charge in [-0.1, -0.05) is 17.8 Å². The number of thiophene rings is 1. The van der Waals surface area contributed by atoms with Crippen LogP contribution in [-0.4, -0.2) is 23.6 Å². The van der Waals surface area contributed by atoms with E-state index in [1.807, 2.05) is 0 Å². The van der Waals surface area contributed by atoms with Gasteiger partial charge in [-0.15, -0.1) is 11.3 Å². The SMILES string of the molecule is C[C@H]1C[C@H]2CSC(N)=N[C@@]2(c2cccs2)CO1. The van der Waals surface area contributed by atoms with Crippen LogP contribution >= 0.6 is 23.1 Å². The van der Waals surface area contributed by atoms with Crippen LogP contribution in [0.4, 0.5) is 0 Å². The van der Waals surface area contributed by atoms with E-state index in [2.05, 4.69) is 24.4 Å². The third-order valence-electron chi connectivity index (χ3n) is 3.57. The molecule has 2 aliphatic heterocycles. The number of thioether (sulfide) groups is 1. The molecule has 3 atom stereocenters. The van der Waals surface area contributed by atoms with E-state index in [0.717, 1.165) is 12.2 Å². The zero-order valence-electron chi connectivity index (χ0n) is 9.76. The van der Waals surface area contributed by atoms with Crippen molar-refractivity contribution in [3.8, 4) is 0 Å². The Bertz CT molecular complexity index is 432. The van der Waals surface area contributed by atoms with Gasteiger partial charge in [0.1, 0.15) is 5.54 Å². The molecule has 3 rings (SSSR count). The summed E-state index contributed by atoms with van der Waals surface area (Å²) in [5.74, 6) is 1.60. The van der Waals surface area contributed by atoms with Gasteiger partial charge in [0, 0.05) is 16.5 Å². The monoisotopic (exact) mass is 268 g/mol. The maximum Gasteiger partial charge on any atom is 0.154 e. The Balaban J connectivity index is 2.04. The molecule has 3 heterocycles. The summed E-state index contributed by atoms with van der Waals surface area (Å²) < 4.78 is 5.86. The molecular formula is C12H16N2OS2. The molecular weight excluding hydrogens is 252 g/mol. The van der Waals surface area contributed by atoms with Crippen LogP contribution in [-0.2, 0) is 10.3 Å². The number of hydrogen-bond donors (Lipinski definition) is 1. The molecule has 1 aromatic heterocycles. The molecule has 1 saturated heterocycles. The zero-order valence-corrected chi connectivity index (χ0v) is 11.4. The number of aliphatic imine (C=N–C) groups is 1. The van der Waals surface area contributed by atoms with E-state index in [-0.39, 0.29) is 5.54 Å². The highest BCUT2D eigenvalue weighted by Gasteiger charge is 2.47. The summed E-state index contributed by atoms with van der Waals surface area (Å²) >= 11 is 3.44. The van der Waals surface area contributed by atoms with Crippen LogP contribution in [0.15, 0.2) is 22.5 Å². The molecule has 1 fully saturated rings. The average molecular weight is 268 g/mol. The van der Waals surface area contributed by atoms with E-state index in [4.69, 9.17) is 15.5 Å². The van der Waals surface area contributed by atoms with E-state index in [0.29, 0.717) is 23.8 Å². The first-order chi connectivity index (χ1) is 8.21. The van der Waals surface area contributed by atoms with Crippen LogP contribution in [0.3, 0.4) is 0 Å². The van der Waals surface area contributed by atoms with E-state index in [1.54, 1.807) is 23.1 Å². The largest absolute Gasteiger partial charge is 0.379 e. The Morgan fingerprint density at radius 1 is 1.59 bits per heavy atom. The molecule has 2 N–H and O–H groups in total. The predicted molar refractivity (Wildman–Crippen MR) is 73.6 cm³/mol. The van der Waals surface area contributed by atoms with Crippen LogP contribution in [0.25, 0.3) is 0 Å². The Morgan fingerprint density at radius 3 is 3.24 bits per heavy atom. The van der Waals surface area contributed by atoms with Crippen molar-refractivity contribution >= 4 is 28.3 Å². The number of rotatable bonds is 1. The van der Waals surface area contributed by atoms with Gasteiger partial charge < -0.3 is 10.5 Å². The molecule has 5 heteroatoms. The summed E-state index contributed by atoms with van der Waals surface area (Å²) in [6.45, 7) is 2.81. The zero-order chi connectivity index (χ0) is 11.9. The lowest BCUT2D eigenvalue weighted by Crippen LogP contribution is -2.49. The molecule has 3 nitrogen and oxygen atoms in total. The minimum Gasteiger partial charge on any atom is -0.379 e. The van der Waals surface area contributed by atoms with Gasteiger partial charge in [0.15, 0.2) is 5.17 Å². The first-order valence-corrected chi connectivity index (χ1v) is 7.71. The lowest BCUT2D eigenvalue weighted by molar-refractivity contribution is -0.0453. The van der Waals surface area contributed by atoms with Gasteiger partial charge in [-0.3, -0.25) is 0 Å². The number of ether oxygens (including phenoxy) is 1. The fourth-order valence-electron chi connectivity index (χ4n) is 2.65. The smallest absolute Gasteiger partial charge is 0.154 e. The van der Waals surface area contributed by atoms with Gasteiger partial charge in [0.05, 0.1) is 12.7 Å². The number of hydrogen-bond acceptors (Lipinski definition) is 5. The number of fused-ring (bicyclic) bond motifs is 1. The highest BCUT2D eigenvalue weighted by molar-refractivity contribution is 8.13. The molecule has 0 radical (unpaired) electrons. The van der Waals surface area contributed by atoms with Crippen LogP contribution in [0.1, 0.15) is 18.2 Å². The van der Waals surface area contributed by atoms with Gasteiger partial charge in [-0.05, 0) is 24.8 Å². The first-order valence-electron chi connectivity index (χ1n) is 5.84. The molecule has 0 aliphatic carbocycles. The van der Waals surface area contributed by atoms with Gasteiger partial charge in [0.2, 0.25) is 0 Å². The summed E-state index contributed by atoms with van der Waals surface area (Å²) in [4.78, 5) is 6.04. The Morgan fingerprint density at radius 2 is 2.47 bits per heavy atom. The minimum absolute atomic E-state index is 0.212. The number of nitrogens with two attached hydrogens (primary N) is 1. The van der Waals surface area contributed by atoms with E-state index < -0.39 is 0 Å². The second kappa shape index (κ2) is 4.30. The van der Waals surface area contributed by atoms with Crippen LogP contribution < -0.4 is 5.73 Å². The molecule has 2 aliphatic rings. The van der Waals surface area contributed by atoms with Crippen molar-refractivity contribution in [3.63, 3.8) is 0 Å². The van der Waals surface area contributed by atoms with Crippen molar-refractivity contribution in [2.75, 3.05) is 12.4 Å². The standard InChI is InChI=1S/C12H16N2OS2/c1-8-5-9-6-17-11(13)14-12(9,7-15-8)10-3-2-4-16-10/h2-4,8-9H,5-7H2,1H3,(H2,13,14)/t8-,9-,12-/m0/s1. The topological polar surface area (TPSA) is 47.6 Å². The highest BCUT2D eigenvalue weighted by Crippen LogP contribution is 2.47. The van der Waals surface area contributed by atoms with Crippen LogP contribution in [0.5, 0.6) is 0 Å². The van der Waals surface area contributed by atoms with E-state index in [9.17, 15) is 0 Å². The predicted octanol–water partition coefficient (Wildman–Crippen LogP) is 2.43. The first kappa shape index (κ1) is 11.6. The molecule has 92 valence electrons. The molecule has 0 unspecified atom stereocenters. The van der Waals surface area contributed by atoms with Crippen molar-refractivity contribution < 1.29 is 4.74 Å². The van der Waals surface area contributed by atoms with E-state index in [1.165, 1.54) is 4.88 Å². The molecule has 0 saturated carbocycles. The molecule has 17 heavy (non-hydrogen) atoms. The third kappa shape index (κ3) is 1.90.